The zero-order valence-electron chi connectivity index (χ0n) is 17.0. The Morgan fingerprint density at radius 1 is 0.906 bits per heavy atom. The molecule has 0 unspecified atom stereocenters. The van der Waals surface area contributed by atoms with E-state index >= 15 is 0 Å². The number of rotatable bonds is 3. The van der Waals surface area contributed by atoms with Gasteiger partial charge in [-0.05, 0) is 42.3 Å². The van der Waals surface area contributed by atoms with Crippen LogP contribution in [0.15, 0.2) is 82.2 Å². The summed E-state index contributed by atoms with van der Waals surface area (Å²) in [6.07, 6.45) is 0. The number of benzene rings is 3. The van der Waals surface area contributed by atoms with Gasteiger partial charge in [0, 0.05) is 10.0 Å². The predicted molar refractivity (Wildman–Crippen MR) is 138 cm³/mol. The highest BCUT2D eigenvalue weighted by Gasteiger charge is 2.42. The number of nitrogens with zero attached hydrogens (tertiary/aromatic N) is 2. The molecule has 7 heteroatoms. The SMILES string of the molecule is Cc1ccccc1N1C(=O)C(=C2C(=O)N(Cc3cccc(Br)c3)c3ccccc32)SC1=S. The number of hydrogen-bond donors (Lipinski definition) is 0. The van der Waals surface area contributed by atoms with E-state index in [0.29, 0.717) is 21.3 Å². The summed E-state index contributed by atoms with van der Waals surface area (Å²) in [4.78, 5) is 30.8. The molecule has 2 amide bonds. The van der Waals surface area contributed by atoms with Gasteiger partial charge in [-0.1, -0.05) is 88.4 Å². The predicted octanol–water partition coefficient (Wildman–Crippen LogP) is 6.08. The number of aryl methyl sites for hydroxylation is 1. The quantitative estimate of drug-likeness (QED) is 0.310. The molecule has 3 aromatic rings. The molecule has 0 aromatic heterocycles. The monoisotopic (exact) mass is 520 g/mol. The van der Waals surface area contributed by atoms with Crippen LogP contribution in [0.25, 0.3) is 5.57 Å². The van der Waals surface area contributed by atoms with Gasteiger partial charge in [0.1, 0.15) is 0 Å². The lowest BCUT2D eigenvalue weighted by Crippen LogP contribution is -2.29. The van der Waals surface area contributed by atoms with Gasteiger partial charge in [0.25, 0.3) is 11.8 Å². The molecule has 0 saturated carbocycles. The second-order valence-corrected chi connectivity index (χ2v) is 10.1. The van der Waals surface area contributed by atoms with E-state index in [9.17, 15) is 9.59 Å². The van der Waals surface area contributed by atoms with Crippen LogP contribution in [0.5, 0.6) is 0 Å². The third-order valence-electron chi connectivity index (χ3n) is 5.51. The normalized spacial score (nSPS) is 18.0. The van der Waals surface area contributed by atoms with Gasteiger partial charge in [0.05, 0.1) is 28.4 Å². The molecule has 2 heterocycles. The van der Waals surface area contributed by atoms with Crippen LogP contribution in [-0.2, 0) is 16.1 Å². The lowest BCUT2D eigenvalue weighted by molar-refractivity contribution is -0.115. The summed E-state index contributed by atoms with van der Waals surface area (Å²) in [6.45, 7) is 2.35. The van der Waals surface area contributed by atoms with Crippen LogP contribution in [-0.4, -0.2) is 16.1 Å². The first-order chi connectivity index (χ1) is 15.5. The van der Waals surface area contributed by atoms with Crippen LogP contribution >= 0.6 is 39.9 Å². The van der Waals surface area contributed by atoms with Crippen molar-refractivity contribution in [1.29, 1.82) is 0 Å². The molecule has 1 saturated heterocycles. The zero-order chi connectivity index (χ0) is 22.4. The summed E-state index contributed by atoms with van der Waals surface area (Å²) in [5.74, 6) is -0.437. The van der Waals surface area contributed by atoms with Crippen molar-refractivity contribution in [3.63, 3.8) is 0 Å². The van der Waals surface area contributed by atoms with Crippen molar-refractivity contribution in [3.05, 3.63) is 98.9 Å². The van der Waals surface area contributed by atoms with Gasteiger partial charge in [-0.25, -0.2) is 0 Å². The second kappa shape index (κ2) is 8.31. The molecule has 158 valence electrons. The standard InChI is InChI=1S/C25H17BrN2O2S2/c1-15-7-2-4-11-19(15)28-24(30)22(32-25(28)31)21-18-10-3-5-12-20(18)27(23(21)29)14-16-8-6-9-17(26)13-16/h2-13H,14H2,1H3. The molecule has 0 aliphatic carbocycles. The molecule has 5 rings (SSSR count). The number of halogens is 1. The van der Waals surface area contributed by atoms with Gasteiger partial charge in [-0.3, -0.25) is 14.5 Å². The van der Waals surface area contributed by atoms with E-state index in [-0.39, 0.29) is 11.8 Å². The highest BCUT2D eigenvalue weighted by molar-refractivity contribution is 9.10. The Labute approximate surface area is 204 Å². The average molecular weight is 521 g/mol. The van der Waals surface area contributed by atoms with Gasteiger partial charge in [-0.2, -0.15) is 0 Å². The Balaban J connectivity index is 1.59. The highest BCUT2D eigenvalue weighted by atomic mass is 79.9. The number of amides is 2. The zero-order valence-corrected chi connectivity index (χ0v) is 20.3. The lowest BCUT2D eigenvalue weighted by Gasteiger charge is -2.17. The fraction of sp³-hybridized carbons (Fsp3) is 0.0800. The molecule has 0 N–H and O–H groups in total. The van der Waals surface area contributed by atoms with Gasteiger partial charge in [0.2, 0.25) is 0 Å². The van der Waals surface area contributed by atoms with Crippen LogP contribution in [0, 0.1) is 6.92 Å². The van der Waals surface area contributed by atoms with Crippen molar-refractivity contribution in [2.24, 2.45) is 0 Å². The molecule has 0 radical (unpaired) electrons. The number of fused-ring (bicyclic) bond motifs is 1. The smallest absolute Gasteiger partial charge is 0.271 e. The summed E-state index contributed by atoms with van der Waals surface area (Å²) in [5.41, 5.74) is 4.67. The molecule has 4 nitrogen and oxygen atoms in total. The first-order valence-corrected chi connectivity index (χ1v) is 12.0. The highest BCUT2D eigenvalue weighted by Crippen LogP contribution is 2.46. The van der Waals surface area contributed by atoms with Crippen molar-refractivity contribution in [1.82, 2.24) is 0 Å². The number of thioether (sulfide) groups is 1. The van der Waals surface area contributed by atoms with E-state index in [1.54, 1.807) is 4.90 Å². The molecule has 32 heavy (non-hydrogen) atoms. The molecule has 2 aliphatic heterocycles. The Morgan fingerprint density at radius 2 is 1.62 bits per heavy atom. The van der Waals surface area contributed by atoms with Crippen molar-refractivity contribution >= 4 is 73.0 Å². The van der Waals surface area contributed by atoms with E-state index in [1.807, 2.05) is 79.7 Å². The van der Waals surface area contributed by atoms with Crippen molar-refractivity contribution in [2.45, 2.75) is 13.5 Å². The minimum Gasteiger partial charge on any atom is -0.303 e. The van der Waals surface area contributed by atoms with Crippen molar-refractivity contribution < 1.29 is 9.59 Å². The van der Waals surface area contributed by atoms with E-state index in [1.165, 1.54) is 16.7 Å². The van der Waals surface area contributed by atoms with Crippen LogP contribution in [0.3, 0.4) is 0 Å². The van der Waals surface area contributed by atoms with Crippen LogP contribution in [0.1, 0.15) is 16.7 Å². The first-order valence-electron chi connectivity index (χ1n) is 9.97. The third-order valence-corrected chi connectivity index (χ3v) is 7.37. The first kappa shape index (κ1) is 21.1. The van der Waals surface area contributed by atoms with Gasteiger partial charge < -0.3 is 4.90 Å². The summed E-state index contributed by atoms with van der Waals surface area (Å²) in [7, 11) is 0. The molecule has 3 aromatic carbocycles. The van der Waals surface area contributed by atoms with Crippen molar-refractivity contribution in [2.75, 3.05) is 9.80 Å². The van der Waals surface area contributed by atoms with E-state index in [2.05, 4.69) is 15.9 Å². The molecular weight excluding hydrogens is 504 g/mol. The number of hydrogen-bond acceptors (Lipinski definition) is 4. The fourth-order valence-electron chi connectivity index (χ4n) is 4.02. The molecule has 1 fully saturated rings. The van der Waals surface area contributed by atoms with Gasteiger partial charge in [-0.15, -0.1) is 0 Å². The number of carbonyl (C=O) groups excluding carboxylic acids is 2. The second-order valence-electron chi connectivity index (χ2n) is 7.54. The van der Waals surface area contributed by atoms with Gasteiger partial charge in [0.15, 0.2) is 4.32 Å². The minimum atomic E-state index is -0.253. The average Bonchev–Trinajstić information content (AvgIpc) is 3.21. The van der Waals surface area contributed by atoms with E-state index in [0.717, 1.165) is 32.5 Å². The molecule has 0 spiro atoms. The number of anilines is 2. The summed E-state index contributed by atoms with van der Waals surface area (Å²) >= 11 is 10.2. The number of thiocarbonyl (C=S) groups is 1. The summed E-state index contributed by atoms with van der Waals surface area (Å²) in [5, 5.41) is 0. The van der Waals surface area contributed by atoms with Crippen LogP contribution < -0.4 is 9.80 Å². The molecule has 0 atom stereocenters. The van der Waals surface area contributed by atoms with E-state index in [4.69, 9.17) is 12.2 Å². The Morgan fingerprint density at radius 3 is 2.38 bits per heavy atom. The maximum Gasteiger partial charge on any atom is 0.271 e. The van der Waals surface area contributed by atoms with Crippen LogP contribution in [0.2, 0.25) is 0 Å². The van der Waals surface area contributed by atoms with Gasteiger partial charge >= 0.3 is 0 Å². The maximum atomic E-state index is 13.6. The maximum absolute atomic E-state index is 13.6. The van der Waals surface area contributed by atoms with Crippen molar-refractivity contribution in [3.8, 4) is 0 Å². The Bertz CT molecular complexity index is 1330. The fourth-order valence-corrected chi connectivity index (χ4v) is 5.82. The number of para-hydroxylation sites is 2. The molecule has 0 bridgehead atoms. The summed E-state index contributed by atoms with van der Waals surface area (Å²) in [6, 6.07) is 23.1. The Hall–Kier alpha value is -2.74. The number of carbonyl (C=O) groups is 2. The largest absolute Gasteiger partial charge is 0.303 e. The topological polar surface area (TPSA) is 40.6 Å². The molecular formula is C25H17BrN2O2S2. The lowest BCUT2D eigenvalue weighted by atomic mass is 10.1. The Kier molecular flexibility index (Phi) is 5.49. The van der Waals surface area contributed by atoms with Crippen LogP contribution in [0.4, 0.5) is 11.4 Å². The minimum absolute atomic E-state index is 0.184. The molecule has 2 aliphatic rings. The third kappa shape index (κ3) is 3.50. The van der Waals surface area contributed by atoms with E-state index < -0.39 is 0 Å². The summed E-state index contributed by atoms with van der Waals surface area (Å²) < 4.78 is 1.39.